The molecule has 0 spiro atoms. The number of aliphatic imine (C=N–C) groups is 1. The molecule has 1 heterocycles. The highest BCUT2D eigenvalue weighted by Gasteiger charge is 2.07. The van der Waals surface area contributed by atoms with Gasteiger partial charge in [0.1, 0.15) is 5.75 Å². The van der Waals surface area contributed by atoms with E-state index in [0.717, 1.165) is 11.3 Å². The number of thiazole rings is 1. The number of phenolic OH excluding ortho intramolecular Hbond substituents is 1. The molecule has 0 aliphatic heterocycles. The quantitative estimate of drug-likeness (QED) is 0.697. The minimum Gasteiger partial charge on any atom is -0.507 e. The fraction of sp³-hybridized carbons (Fsp3) is 0. The first kappa shape index (κ1) is 13.8. The lowest BCUT2D eigenvalue weighted by Gasteiger charge is -1.98. The average molecular weight is 315 g/mol. The second-order valence-electron chi connectivity index (χ2n) is 4.31. The van der Waals surface area contributed by atoms with Crippen LogP contribution in [0.5, 0.6) is 5.75 Å². The average Bonchev–Trinajstić information content (AvgIpc) is 2.96. The van der Waals surface area contributed by atoms with Crippen molar-refractivity contribution in [1.82, 2.24) is 4.98 Å². The molecule has 1 aromatic heterocycles. The number of hydrogen-bond donors (Lipinski definition) is 1. The Kier molecular flexibility index (Phi) is 3.99. The van der Waals surface area contributed by atoms with Gasteiger partial charge in [-0.25, -0.2) is 9.98 Å². The highest BCUT2D eigenvalue weighted by Crippen LogP contribution is 2.31. The lowest BCUT2D eigenvalue weighted by atomic mass is 10.2. The third-order valence-corrected chi connectivity index (χ3v) is 3.97. The van der Waals surface area contributed by atoms with Crippen molar-refractivity contribution in [3.63, 3.8) is 0 Å². The van der Waals surface area contributed by atoms with Crippen LogP contribution in [-0.4, -0.2) is 16.3 Å². The number of para-hydroxylation sites is 1. The Balaban J connectivity index is 1.86. The summed E-state index contributed by atoms with van der Waals surface area (Å²) >= 11 is 7.58. The second kappa shape index (κ2) is 6.08. The standard InChI is InChI=1S/C16H11ClN2OS/c17-13-7-3-2-6-12(13)14-10-21-16(19-14)18-9-11-5-1-4-8-15(11)20/h1-10,20H. The van der Waals surface area contributed by atoms with E-state index in [9.17, 15) is 5.11 Å². The SMILES string of the molecule is Oc1ccccc1C=Nc1nc(-c2ccccc2Cl)cs1. The van der Waals surface area contributed by atoms with E-state index in [1.54, 1.807) is 24.4 Å². The molecule has 2 aromatic carbocycles. The molecule has 3 nitrogen and oxygen atoms in total. The van der Waals surface area contributed by atoms with Crippen LogP contribution in [0.1, 0.15) is 5.56 Å². The third-order valence-electron chi connectivity index (χ3n) is 2.89. The largest absolute Gasteiger partial charge is 0.507 e. The van der Waals surface area contributed by atoms with E-state index in [4.69, 9.17) is 11.6 Å². The van der Waals surface area contributed by atoms with Crippen molar-refractivity contribution in [1.29, 1.82) is 0 Å². The monoisotopic (exact) mass is 314 g/mol. The van der Waals surface area contributed by atoms with Crippen molar-refractivity contribution in [3.8, 4) is 17.0 Å². The molecule has 0 radical (unpaired) electrons. The third kappa shape index (κ3) is 3.12. The summed E-state index contributed by atoms with van der Waals surface area (Å²) in [6.07, 6.45) is 1.60. The first-order valence-corrected chi connectivity index (χ1v) is 7.52. The summed E-state index contributed by atoms with van der Waals surface area (Å²) in [5.41, 5.74) is 2.35. The zero-order valence-electron chi connectivity index (χ0n) is 10.9. The summed E-state index contributed by atoms with van der Waals surface area (Å²) in [6.45, 7) is 0. The van der Waals surface area contributed by atoms with Gasteiger partial charge in [-0.2, -0.15) is 0 Å². The second-order valence-corrected chi connectivity index (χ2v) is 5.56. The molecule has 0 saturated carbocycles. The lowest BCUT2D eigenvalue weighted by molar-refractivity contribution is 0.474. The van der Waals surface area contributed by atoms with E-state index in [0.29, 0.717) is 15.7 Å². The van der Waals surface area contributed by atoms with Crippen LogP contribution < -0.4 is 0 Å². The fourth-order valence-electron chi connectivity index (χ4n) is 1.84. The Bertz CT molecular complexity index is 798. The van der Waals surface area contributed by atoms with Crippen molar-refractivity contribution in [2.45, 2.75) is 0 Å². The molecule has 21 heavy (non-hydrogen) atoms. The van der Waals surface area contributed by atoms with Gasteiger partial charge in [0.2, 0.25) is 5.13 Å². The maximum absolute atomic E-state index is 9.68. The number of halogens is 1. The molecule has 0 atom stereocenters. The molecule has 0 aliphatic carbocycles. The molecular weight excluding hydrogens is 304 g/mol. The number of aromatic hydroxyl groups is 1. The molecule has 3 rings (SSSR count). The number of nitrogens with zero attached hydrogens (tertiary/aromatic N) is 2. The summed E-state index contributed by atoms with van der Waals surface area (Å²) < 4.78 is 0. The maximum Gasteiger partial charge on any atom is 0.209 e. The van der Waals surface area contributed by atoms with Crippen molar-refractivity contribution >= 4 is 34.3 Å². The van der Waals surface area contributed by atoms with E-state index in [-0.39, 0.29) is 5.75 Å². The smallest absolute Gasteiger partial charge is 0.209 e. The van der Waals surface area contributed by atoms with Gasteiger partial charge in [0.15, 0.2) is 0 Å². The molecule has 3 aromatic rings. The summed E-state index contributed by atoms with van der Waals surface area (Å²) in [5, 5.41) is 12.9. The van der Waals surface area contributed by atoms with Gasteiger partial charge in [0, 0.05) is 27.7 Å². The van der Waals surface area contributed by atoms with Crippen LogP contribution >= 0.6 is 22.9 Å². The van der Waals surface area contributed by atoms with Crippen LogP contribution in [-0.2, 0) is 0 Å². The molecule has 0 aliphatic rings. The summed E-state index contributed by atoms with van der Waals surface area (Å²) in [4.78, 5) is 8.73. The van der Waals surface area contributed by atoms with Gasteiger partial charge in [-0.3, -0.25) is 0 Å². The van der Waals surface area contributed by atoms with E-state index in [2.05, 4.69) is 9.98 Å². The molecule has 0 unspecified atom stereocenters. The maximum atomic E-state index is 9.68. The van der Waals surface area contributed by atoms with E-state index >= 15 is 0 Å². The minimum absolute atomic E-state index is 0.198. The van der Waals surface area contributed by atoms with Gasteiger partial charge in [-0.1, -0.05) is 41.9 Å². The van der Waals surface area contributed by atoms with Gasteiger partial charge in [-0.15, -0.1) is 11.3 Å². The molecule has 0 bridgehead atoms. The van der Waals surface area contributed by atoms with Crippen molar-refractivity contribution in [3.05, 3.63) is 64.5 Å². The molecule has 0 amide bonds. The van der Waals surface area contributed by atoms with Gasteiger partial charge < -0.3 is 5.11 Å². The normalized spacial score (nSPS) is 11.1. The van der Waals surface area contributed by atoms with Crippen molar-refractivity contribution in [2.75, 3.05) is 0 Å². The lowest BCUT2D eigenvalue weighted by Crippen LogP contribution is -1.81. The summed E-state index contributed by atoms with van der Waals surface area (Å²) in [5.74, 6) is 0.198. The van der Waals surface area contributed by atoms with Crippen molar-refractivity contribution in [2.24, 2.45) is 4.99 Å². The zero-order valence-corrected chi connectivity index (χ0v) is 12.5. The van der Waals surface area contributed by atoms with Crippen molar-refractivity contribution < 1.29 is 5.11 Å². The van der Waals surface area contributed by atoms with Crippen LogP contribution in [0.3, 0.4) is 0 Å². The van der Waals surface area contributed by atoms with Gasteiger partial charge >= 0.3 is 0 Å². The van der Waals surface area contributed by atoms with E-state index in [1.165, 1.54) is 11.3 Å². The van der Waals surface area contributed by atoms with E-state index in [1.807, 2.05) is 35.7 Å². The topological polar surface area (TPSA) is 45.5 Å². The van der Waals surface area contributed by atoms with Gasteiger partial charge in [0.05, 0.1) is 5.69 Å². The van der Waals surface area contributed by atoms with Crippen LogP contribution in [0.15, 0.2) is 58.9 Å². The van der Waals surface area contributed by atoms with Gasteiger partial charge in [-0.05, 0) is 18.2 Å². The number of benzene rings is 2. The Morgan fingerprint density at radius 3 is 2.67 bits per heavy atom. The Labute approximate surface area is 131 Å². The number of phenols is 1. The predicted molar refractivity (Wildman–Crippen MR) is 87.9 cm³/mol. The highest BCUT2D eigenvalue weighted by atomic mass is 35.5. The van der Waals surface area contributed by atoms with Crippen LogP contribution in [0.4, 0.5) is 5.13 Å². The first-order chi connectivity index (χ1) is 10.2. The van der Waals surface area contributed by atoms with Crippen LogP contribution in [0, 0.1) is 0 Å². The first-order valence-electron chi connectivity index (χ1n) is 6.26. The van der Waals surface area contributed by atoms with Gasteiger partial charge in [0.25, 0.3) is 0 Å². The predicted octanol–water partition coefficient (Wildman–Crippen LogP) is 4.92. The Morgan fingerprint density at radius 2 is 1.86 bits per heavy atom. The number of rotatable bonds is 3. The molecule has 0 saturated heterocycles. The number of hydrogen-bond acceptors (Lipinski definition) is 4. The molecule has 5 heteroatoms. The zero-order chi connectivity index (χ0) is 14.7. The van der Waals surface area contributed by atoms with Crippen LogP contribution in [0.25, 0.3) is 11.3 Å². The minimum atomic E-state index is 0.198. The Hall–Kier alpha value is -2.17. The van der Waals surface area contributed by atoms with E-state index < -0.39 is 0 Å². The highest BCUT2D eigenvalue weighted by molar-refractivity contribution is 7.13. The van der Waals surface area contributed by atoms with Crippen LogP contribution in [0.2, 0.25) is 5.02 Å². The fourth-order valence-corrected chi connectivity index (χ4v) is 2.73. The Morgan fingerprint density at radius 1 is 1.10 bits per heavy atom. The number of aromatic nitrogens is 1. The summed E-state index contributed by atoms with van der Waals surface area (Å²) in [7, 11) is 0. The molecular formula is C16H11ClN2OS. The molecule has 104 valence electrons. The summed E-state index contributed by atoms with van der Waals surface area (Å²) in [6, 6.07) is 14.6. The molecule has 0 fully saturated rings. The molecule has 1 N–H and O–H groups in total.